The van der Waals surface area contributed by atoms with Gasteiger partial charge in [-0.25, -0.2) is 9.59 Å². The van der Waals surface area contributed by atoms with Crippen molar-refractivity contribution in [1.82, 2.24) is 10.2 Å². The molecule has 2 N–H and O–H groups in total. The fourth-order valence-electron chi connectivity index (χ4n) is 2.96. The number of amides is 2. The Morgan fingerprint density at radius 1 is 1.42 bits per heavy atom. The molecule has 2 amide bonds. The van der Waals surface area contributed by atoms with E-state index in [-0.39, 0.29) is 12.1 Å². The monoisotopic (exact) mass is 270 g/mol. The zero-order valence-corrected chi connectivity index (χ0v) is 11.3. The zero-order valence-electron chi connectivity index (χ0n) is 11.3. The number of aliphatic carboxylic acids is 1. The Morgan fingerprint density at radius 2 is 2.21 bits per heavy atom. The maximum absolute atomic E-state index is 12.0. The summed E-state index contributed by atoms with van der Waals surface area (Å²) in [6.07, 6.45) is 3.43. The van der Waals surface area contributed by atoms with Gasteiger partial charge in [-0.15, -0.1) is 0 Å². The predicted molar refractivity (Wildman–Crippen MR) is 68.9 cm³/mol. The summed E-state index contributed by atoms with van der Waals surface area (Å²) >= 11 is 0. The molecular weight excluding hydrogens is 248 g/mol. The van der Waals surface area contributed by atoms with Gasteiger partial charge in [0.2, 0.25) is 0 Å². The molecule has 0 saturated carbocycles. The Morgan fingerprint density at radius 3 is 2.89 bits per heavy atom. The third-order valence-corrected chi connectivity index (χ3v) is 4.06. The van der Waals surface area contributed by atoms with Crippen molar-refractivity contribution in [3.8, 4) is 0 Å². The molecule has 6 nitrogen and oxygen atoms in total. The van der Waals surface area contributed by atoms with Crippen LogP contribution in [0.2, 0.25) is 0 Å². The summed E-state index contributed by atoms with van der Waals surface area (Å²) in [5.41, 5.74) is 0. The van der Waals surface area contributed by atoms with Gasteiger partial charge in [0.1, 0.15) is 6.04 Å². The standard InChI is InChI=1S/C13H22N2O4/c1-2-11-9(5-7-19-11)8-14-13(18)15-6-3-4-10(15)12(16)17/h9-11H,2-8H2,1H3,(H,14,18)(H,16,17)/t9?,10-,11?/m0/s1. The first-order chi connectivity index (χ1) is 9.13. The molecular formula is C13H22N2O4. The van der Waals surface area contributed by atoms with Crippen molar-refractivity contribution in [2.75, 3.05) is 19.7 Å². The van der Waals surface area contributed by atoms with E-state index in [0.29, 0.717) is 25.4 Å². The lowest BCUT2D eigenvalue weighted by Crippen LogP contribution is -2.47. The minimum Gasteiger partial charge on any atom is -0.480 e. The lowest BCUT2D eigenvalue weighted by Gasteiger charge is -2.24. The lowest BCUT2D eigenvalue weighted by molar-refractivity contribution is -0.141. The molecule has 2 aliphatic heterocycles. The lowest BCUT2D eigenvalue weighted by atomic mass is 10.00. The van der Waals surface area contributed by atoms with Crippen LogP contribution < -0.4 is 5.32 Å². The van der Waals surface area contributed by atoms with Gasteiger partial charge in [-0.05, 0) is 25.7 Å². The van der Waals surface area contributed by atoms with Crippen LogP contribution in [0, 0.1) is 5.92 Å². The summed E-state index contributed by atoms with van der Waals surface area (Å²) in [6.45, 7) is 3.92. The summed E-state index contributed by atoms with van der Waals surface area (Å²) in [4.78, 5) is 24.5. The van der Waals surface area contributed by atoms with E-state index in [2.05, 4.69) is 12.2 Å². The van der Waals surface area contributed by atoms with Crippen molar-refractivity contribution in [2.24, 2.45) is 5.92 Å². The van der Waals surface area contributed by atoms with Gasteiger partial charge in [0.15, 0.2) is 0 Å². The van der Waals surface area contributed by atoms with Gasteiger partial charge in [-0.3, -0.25) is 0 Å². The van der Waals surface area contributed by atoms with Crippen LogP contribution in [-0.2, 0) is 9.53 Å². The summed E-state index contributed by atoms with van der Waals surface area (Å²) in [5, 5.41) is 11.9. The number of hydrogen-bond donors (Lipinski definition) is 2. The summed E-state index contributed by atoms with van der Waals surface area (Å²) < 4.78 is 5.57. The van der Waals surface area contributed by atoms with Crippen molar-refractivity contribution < 1.29 is 19.4 Å². The molecule has 3 atom stereocenters. The normalized spacial score (nSPS) is 30.6. The van der Waals surface area contributed by atoms with Crippen molar-refractivity contribution in [2.45, 2.75) is 44.8 Å². The molecule has 0 aromatic carbocycles. The van der Waals surface area contributed by atoms with Gasteiger partial charge >= 0.3 is 12.0 Å². The molecule has 0 aromatic heterocycles. The molecule has 2 saturated heterocycles. The maximum atomic E-state index is 12.0. The summed E-state index contributed by atoms with van der Waals surface area (Å²) in [6, 6.07) is -0.923. The molecule has 0 bridgehead atoms. The largest absolute Gasteiger partial charge is 0.480 e. The fourth-order valence-corrected chi connectivity index (χ4v) is 2.96. The Balaban J connectivity index is 1.82. The summed E-state index contributed by atoms with van der Waals surface area (Å²) in [5.74, 6) is -0.567. The number of carbonyl (C=O) groups excluding carboxylic acids is 1. The van der Waals surface area contributed by atoms with Crippen LogP contribution in [-0.4, -0.2) is 53.8 Å². The van der Waals surface area contributed by atoms with Gasteiger partial charge in [-0.1, -0.05) is 6.92 Å². The molecule has 2 fully saturated rings. The second-order valence-electron chi connectivity index (χ2n) is 5.24. The van der Waals surface area contributed by atoms with Gasteiger partial charge in [0, 0.05) is 25.6 Å². The van der Waals surface area contributed by atoms with Crippen LogP contribution >= 0.6 is 0 Å². The van der Waals surface area contributed by atoms with E-state index in [0.717, 1.165) is 25.9 Å². The first kappa shape index (κ1) is 14.1. The number of carbonyl (C=O) groups is 2. The van der Waals surface area contributed by atoms with E-state index in [1.807, 2.05) is 0 Å². The third kappa shape index (κ3) is 3.18. The van der Waals surface area contributed by atoms with Gasteiger partial charge < -0.3 is 20.1 Å². The number of carboxylic acids is 1. The molecule has 2 heterocycles. The highest BCUT2D eigenvalue weighted by molar-refractivity contribution is 5.83. The van der Waals surface area contributed by atoms with Crippen LogP contribution in [0.1, 0.15) is 32.6 Å². The van der Waals surface area contributed by atoms with Crippen molar-refractivity contribution in [3.05, 3.63) is 0 Å². The van der Waals surface area contributed by atoms with Crippen LogP contribution in [0.4, 0.5) is 4.79 Å². The predicted octanol–water partition coefficient (Wildman–Crippen LogP) is 1.06. The molecule has 2 aliphatic rings. The molecule has 0 radical (unpaired) electrons. The van der Waals surface area contributed by atoms with E-state index in [1.54, 1.807) is 0 Å². The molecule has 2 rings (SSSR count). The van der Waals surface area contributed by atoms with E-state index in [9.17, 15) is 9.59 Å². The first-order valence-corrected chi connectivity index (χ1v) is 7.02. The van der Waals surface area contributed by atoms with Gasteiger partial charge in [0.05, 0.1) is 6.10 Å². The number of urea groups is 1. The highest BCUT2D eigenvalue weighted by Crippen LogP contribution is 2.23. The van der Waals surface area contributed by atoms with E-state index in [1.165, 1.54) is 4.90 Å². The number of nitrogens with zero attached hydrogens (tertiary/aromatic N) is 1. The number of carboxylic acid groups (broad SMARTS) is 1. The second-order valence-corrected chi connectivity index (χ2v) is 5.24. The number of likely N-dealkylation sites (tertiary alicyclic amines) is 1. The average Bonchev–Trinajstić information content (AvgIpc) is 3.04. The Kier molecular flexibility index (Phi) is 4.63. The van der Waals surface area contributed by atoms with E-state index < -0.39 is 12.0 Å². The molecule has 0 spiro atoms. The Bertz CT molecular complexity index is 348. The quantitative estimate of drug-likeness (QED) is 0.800. The topological polar surface area (TPSA) is 78.9 Å². The second kappa shape index (κ2) is 6.23. The molecule has 6 heteroatoms. The van der Waals surface area contributed by atoms with Crippen LogP contribution in [0.5, 0.6) is 0 Å². The first-order valence-electron chi connectivity index (χ1n) is 7.02. The number of nitrogens with one attached hydrogen (secondary N) is 1. The van der Waals surface area contributed by atoms with E-state index >= 15 is 0 Å². The van der Waals surface area contributed by atoms with Crippen LogP contribution in [0.15, 0.2) is 0 Å². The number of ether oxygens (including phenoxy) is 1. The van der Waals surface area contributed by atoms with Gasteiger partial charge in [-0.2, -0.15) is 0 Å². The highest BCUT2D eigenvalue weighted by atomic mass is 16.5. The third-order valence-electron chi connectivity index (χ3n) is 4.06. The minimum atomic E-state index is -0.914. The maximum Gasteiger partial charge on any atom is 0.326 e. The fraction of sp³-hybridized carbons (Fsp3) is 0.846. The molecule has 0 aromatic rings. The van der Waals surface area contributed by atoms with Gasteiger partial charge in [0.25, 0.3) is 0 Å². The van der Waals surface area contributed by atoms with Crippen LogP contribution in [0.25, 0.3) is 0 Å². The SMILES string of the molecule is CCC1OCCC1CNC(=O)N1CCC[C@H]1C(=O)O. The molecule has 2 unspecified atom stereocenters. The number of rotatable bonds is 4. The molecule has 108 valence electrons. The van der Waals surface area contributed by atoms with Crippen molar-refractivity contribution in [3.63, 3.8) is 0 Å². The molecule has 0 aliphatic carbocycles. The Labute approximate surface area is 113 Å². The van der Waals surface area contributed by atoms with E-state index in [4.69, 9.17) is 9.84 Å². The van der Waals surface area contributed by atoms with Crippen molar-refractivity contribution in [1.29, 1.82) is 0 Å². The van der Waals surface area contributed by atoms with Crippen LogP contribution in [0.3, 0.4) is 0 Å². The summed E-state index contributed by atoms with van der Waals surface area (Å²) in [7, 11) is 0. The smallest absolute Gasteiger partial charge is 0.326 e. The number of hydrogen-bond acceptors (Lipinski definition) is 3. The minimum absolute atomic E-state index is 0.217. The highest BCUT2D eigenvalue weighted by Gasteiger charge is 2.34. The zero-order chi connectivity index (χ0) is 13.8. The molecule has 19 heavy (non-hydrogen) atoms. The Hall–Kier alpha value is -1.30. The average molecular weight is 270 g/mol. The van der Waals surface area contributed by atoms with Crippen molar-refractivity contribution >= 4 is 12.0 Å².